The number of fused-ring (bicyclic) bond motifs is 1. The van der Waals surface area contributed by atoms with E-state index >= 15 is 0 Å². The van der Waals surface area contributed by atoms with E-state index in [0.29, 0.717) is 12.3 Å². The van der Waals surface area contributed by atoms with Gasteiger partial charge in [-0.3, -0.25) is 9.69 Å². The average Bonchev–Trinajstić information content (AvgIpc) is 3.43. The van der Waals surface area contributed by atoms with Crippen LogP contribution in [-0.2, 0) is 4.79 Å². The average molecular weight is 443 g/mol. The molecule has 2 aromatic heterocycles. The van der Waals surface area contributed by atoms with Gasteiger partial charge in [0.1, 0.15) is 5.82 Å². The van der Waals surface area contributed by atoms with Crippen molar-refractivity contribution >= 4 is 40.0 Å². The molecule has 1 amide bonds. The maximum atomic E-state index is 12.6. The predicted octanol–water partition coefficient (Wildman–Crippen LogP) is 5.01. The lowest BCUT2D eigenvalue weighted by molar-refractivity contribution is -0.118. The number of nitrogens with one attached hydrogen (secondary N) is 2. The molecular formula is C23H30N4OS2. The molecular weight excluding hydrogens is 412 g/mol. The summed E-state index contributed by atoms with van der Waals surface area (Å²) in [5.74, 6) is 2.26. The second kappa shape index (κ2) is 9.98. The van der Waals surface area contributed by atoms with Crippen LogP contribution in [0.1, 0.15) is 48.7 Å². The van der Waals surface area contributed by atoms with Crippen LogP contribution in [0.5, 0.6) is 0 Å². The maximum Gasteiger partial charge on any atom is 0.230 e. The third kappa shape index (κ3) is 5.25. The van der Waals surface area contributed by atoms with Crippen molar-refractivity contribution in [3.63, 3.8) is 0 Å². The third-order valence-corrected chi connectivity index (χ3v) is 8.01. The molecule has 0 spiro atoms. The summed E-state index contributed by atoms with van der Waals surface area (Å²) in [6, 6.07) is 12.6. The van der Waals surface area contributed by atoms with Gasteiger partial charge in [0.2, 0.25) is 5.91 Å². The number of rotatable bonds is 8. The van der Waals surface area contributed by atoms with Crippen LogP contribution in [0.15, 0.2) is 41.8 Å². The van der Waals surface area contributed by atoms with Crippen molar-refractivity contribution in [1.29, 1.82) is 0 Å². The molecule has 2 N–H and O–H groups in total. The molecule has 1 saturated heterocycles. The largest absolute Gasteiger partial charge is 0.353 e. The monoisotopic (exact) mass is 442 g/mol. The fourth-order valence-electron chi connectivity index (χ4n) is 3.94. The number of imidazole rings is 1. The summed E-state index contributed by atoms with van der Waals surface area (Å²) in [7, 11) is 0. The number of amides is 1. The first-order valence-corrected chi connectivity index (χ1v) is 12.6. The van der Waals surface area contributed by atoms with E-state index in [-0.39, 0.29) is 17.2 Å². The molecule has 7 heteroatoms. The highest BCUT2D eigenvalue weighted by Gasteiger charge is 2.25. The number of aromatic amines is 1. The zero-order chi connectivity index (χ0) is 20.9. The Labute approximate surface area is 186 Å². The molecule has 160 valence electrons. The molecule has 4 rings (SSSR count). The molecule has 30 heavy (non-hydrogen) atoms. The minimum absolute atomic E-state index is 0.0925. The summed E-state index contributed by atoms with van der Waals surface area (Å²) in [6.07, 6.45) is 2.47. The van der Waals surface area contributed by atoms with E-state index in [2.05, 4.69) is 51.5 Å². The quantitative estimate of drug-likeness (QED) is 0.515. The number of carbonyl (C=O) groups is 1. The van der Waals surface area contributed by atoms with E-state index in [0.717, 1.165) is 35.9 Å². The number of nitrogens with zero attached hydrogens (tertiary/aromatic N) is 2. The normalized spacial score (nSPS) is 17.8. The Morgan fingerprint density at radius 2 is 2.10 bits per heavy atom. The predicted molar refractivity (Wildman–Crippen MR) is 127 cm³/mol. The first-order chi connectivity index (χ1) is 14.6. The molecule has 2 unspecified atom stereocenters. The van der Waals surface area contributed by atoms with Crippen LogP contribution >= 0.6 is 23.1 Å². The lowest BCUT2D eigenvalue weighted by atomic mass is 9.97. The van der Waals surface area contributed by atoms with Gasteiger partial charge >= 0.3 is 0 Å². The Hall–Kier alpha value is -1.83. The van der Waals surface area contributed by atoms with E-state index in [4.69, 9.17) is 0 Å². The van der Waals surface area contributed by atoms with E-state index in [1.165, 1.54) is 17.7 Å². The number of H-pyrrole nitrogens is 1. The van der Waals surface area contributed by atoms with Gasteiger partial charge in [0.25, 0.3) is 0 Å². The van der Waals surface area contributed by atoms with Crippen molar-refractivity contribution < 1.29 is 4.79 Å². The van der Waals surface area contributed by atoms with Crippen molar-refractivity contribution in [3.05, 3.63) is 52.5 Å². The Kier molecular flexibility index (Phi) is 7.12. The molecule has 1 aliphatic rings. The molecule has 2 atom stereocenters. The Morgan fingerprint density at radius 1 is 1.30 bits per heavy atom. The number of para-hydroxylation sites is 2. The topological polar surface area (TPSA) is 61.0 Å². The van der Waals surface area contributed by atoms with Crippen molar-refractivity contribution in [2.45, 2.75) is 38.0 Å². The van der Waals surface area contributed by atoms with Gasteiger partial charge in [-0.1, -0.05) is 25.1 Å². The number of thioether (sulfide) groups is 1. The van der Waals surface area contributed by atoms with Gasteiger partial charge in [-0.15, -0.1) is 23.1 Å². The Bertz CT molecular complexity index is 914. The number of hydrogen-bond donors (Lipinski definition) is 2. The molecule has 0 saturated carbocycles. The number of carbonyl (C=O) groups excluding carboxylic acids is 1. The number of thiophene rings is 1. The molecule has 0 radical (unpaired) electrons. The van der Waals surface area contributed by atoms with Gasteiger partial charge in [-0.25, -0.2) is 4.98 Å². The minimum atomic E-state index is 0.0925. The van der Waals surface area contributed by atoms with Gasteiger partial charge < -0.3 is 10.3 Å². The summed E-state index contributed by atoms with van der Waals surface area (Å²) < 4.78 is 0. The van der Waals surface area contributed by atoms with Crippen LogP contribution in [0.2, 0.25) is 0 Å². The first-order valence-electron chi connectivity index (χ1n) is 10.7. The van der Waals surface area contributed by atoms with Gasteiger partial charge in [-0.2, -0.15) is 0 Å². The van der Waals surface area contributed by atoms with Crippen LogP contribution in [0.3, 0.4) is 0 Å². The van der Waals surface area contributed by atoms with Crippen LogP contribution in [0, 0.1) is 5.92 Å². The number of piperidine rings is 1. The molecule has 0 bridgehead atoms. The summed E-state index contributed by atoms with van der Waals surface area (Å²) in [6.45, 7) is 7.32. The van der Waals surface area contributed by atoms with Gasteiger partial charge in [0, 0.05) is 11.4 Å². The molecule has 0 aliphatic carbocycles. The summed E-state index contributed by atoms with van der Waals surface area (Å²) in [5.41, 5.74) is 2.01. The van der Waals surface area contributed by atoms with E-state index < -0.39 is 0 Å². The highest BCUT2D eigenvalue weighted by atomic mass is 32.2. The van der Waals surface area contributed by atoms with Gasteiger partial charge in [0.15, 0.2) is 0 Å². The Morgan fingerprint density at radius 3 is 2.83 bits per heavy atom. The first kappa shape index (κ1) is 21.4. The lowest BCUT2D eigenvalue weighted by Gasteiger charge is -2.36. The third-order valence-electron chi connectivity index (χ3n) is 5.88. The maximum absolute atomic E-state index is 12.6. The molecule has 3 heterocycles. The summed E-state index contributed by atoms with van der Waals surface area (Å²) in [5, 5.41) is 5.45. The van der Waals surface area contributed by atoms with Crippen molar-refractivity contribution in [2.24, 2.45) is 5.92 Å². The van der Waals surface area contributed by atoms with Crippen molar-refractivity contribution in [2.75, 3.05) is 25.4 Å². The van der Waals surface area contributed by atoms with Crippen LogP contribution in [0.4, 0.5) is 0 Å². The van der Waals surface area contributed by atoms with Crippen molar-refractivity contribution in [3.8, 4) is 0 Å². The second-order valence-corrected chi connectivity index (χ2v) is 10.5. The number of hydrogen-bond acceptors (Lipinski definition) is 5. The number of aromatic nitrogens is 2. The molecule has 3 aromatic rings. The fourth-order valence-corrected chi connectivity index (χ4v) is 5.57. The van der Waals surface area contributed by atoms with E-state index in [1.54, 1.807) is 23.1 Å². The number of likely N-dealkylation sites (tertiary alicyclic amines) is 1. The highest BCUT2D eigenvalue weighted by molar-refractivity contribution is 8.00. The zero-order valence-electron chi connectivity index (χ0n) is 17.6. The molecule has 1 aromatic carbocycles. The van der Waals surface area contributed by atoms with Crippen molar-refractivity contribution in [1.82, 2.24) is 20.2 Å². The second-order valence-electron chi connectivity index (χ2n) is 8.15. The van der Waals surface area contributed by atoms with Crippen LogP contribution in [-0.4, -0.2) is 46.2 Å². The lowest BCUT2D eigenvalue weighted by Crippen LogP contribution is -2.42. The summed E-state index contributed by atoms with van der Waals surface area (Å²) in [4.78, 5) is 24.5. The molecule has 1 fully saturated rings. The molecule has 5 nitrogen and oxygen atoms in total. The Balaban J connectivity index is 1.30. The van der Waals surface area contributed by atoms with Gasteiger partial charge in [0.05, 0.1) is 28.1 Å². The number of benzene rings is 1. The standard InChI is InChI=1S/C23H30N4OS2/c1-16-9-11-27(12-10-16)20(21-8-5-13-29-21)14-24-22(28)15-30-17(2)23-25-18-6-3-4-7-19(18)26-23/h3-8,13,16-17,20H,9-12,14-15H2,1-2H3,(H,24,28)(H,25,26). The summed E-state index contributed by atoms with van der Waals surface area (Å²) >= 11 is 3.41. The van der Waals surface area contributed by atoms with Gasteiger partial charge in [-0.05, 0) is 62.4 Å². The minimum Gasteiger partial charge on any atom is -0.353 e. The smallest absolute Gasteiger partial charge is 0.230 e. The molecule has 1 aliphatic heterocycles. The highest BCUT2D eigenvalue weighted by Crippen LogP contribution is 2.30. The van der Waals surface area contributed by atoms with Crippen LogP contribution < -0.4 is 5.32 Å². The van der Waals surface area contributed by atoms with E-state index in [1.807, 2.05) is 24.3 Å². The SMILES string of the molecule is CC1CCN(C(CNC(=O)CSC(C)c2nc3ccccc3[nH]2)c2cccs2)CC1. The van der Waals surface area contributed by atoms with E-state index in [9.17, 15) is 4.79 Å². The fraction of sp³-hybridized carbons (Fsp3) is 0.478. The zero-order valence-corrected chi connectivity index (χ0v) is 19.3. The van der Waals surface area contributed by atoms with Crippen LogP contribution in [0.25, 0.3) is 11.0 Å².